The third-order valence-corrected chi connectivity index (χ3v) is 3.35. The monoisotopic (exact) mass is 296 g/mol. The van der Waals surface area contributed by atoms with Gasteiger partial charge in [-0.15, -0.1) is 15.0 Å². The molecule has 1 saturated heterocycles. The van der Waals surface area contributed by atoms with E-state index >= 15 is 0 Å². The number of ether oxygens (including phenoxy) is 1. The van der Waals surface area contributed by atoms with Crippen LogP contribution in [0, 0.1) is 0 Å². The maximum Gasteiger partial charge on any atom is 0.207 e. The van der Waals surface area contributed by atoms with Crippen molar-refractivity contribution in [1.82, 2.24) is 25.0 Å². The first-order valence-corrected chi connectivity index (χ1v) is 6.40. The van der Waals surface area contributed by atoms with Crippen LogP contribution in [0.2, 0.25) is 0 Å². The van der Waals surface area contributed by atoms with Gasteiger partial charge in [0.05, 0.1) is 6.61 Å². The molecule has 0 saturated carbocycles. The van der Waals surface area contributed by atoms with Gasteiger partial charge in [-0.2, -0.15) is 0 Å². The maximum atomic E-state index is 9.98. The standard InChI is InChI=1S/C11H16N6O4/c1-16(2)10-6-9(12-4-13-10)15-17(14-6)11-8(20)7(19)5(3-18)21-11/h4-5,7-8,11,18-20H,3H2,1-2H3. The zero-order valence-corrected chi connectivity index (χ0v) is 11.5. The Morgan fingerprint density at radius 1 is 1.24 bits per heavy atom. The molecule has 21 heavy (non-hydrogen) atoms. The molecule has 10 heteroatoms. The van der Waals surface area contributed by atoms with Crippen molar-refractivity contribution in [1.29, 1.82) is 0 Å². The van der Waals surface area contributed by atoms with Crippen LogP contribution >= 0.6 is 0 Å². The number of aromatic nitrogens is 5. The van der Waals surface area contributed by atoms with Crippen LogP contribution in [0.5, 0.6) is 0 Å². The van der Waals surface area contributed by atoms with Crippen molar-refractivity contribution < 1.29 is 20.1 Å². The van der Waals surface area contributed by atoms with Crippen LogP contribution in [-0.2, 0) is 4.74 Å². The third kappa shape index (κ3) is 2.21. The van der Waals surface area contributed by atoms with E-state index in [1.807, 2.05) is 14.1 Å². The van der Waals surface area contributed by atoms with Crippen LogP contribution in [0.1, 0.15) is 6.23 Å². The fourth-order valence-corrected chi connectivity index (χ4v) is 2.26. The zero-order chi connectivity index (χ0) is 15.1. The highest BCUT2D eigenvalue weighted by Crippen LogP contribution is 2.29. The first-order valence-electron chi connectivity index (χ1n) is 6.40. The minimum absolute atomic E-state index is 0.353. The summed E-state index contributed by atoms with van der Waals surface area (Å²) in [5, 5.41) is 37.2. The molecule has 3 N–H and O–H groups in total. The number of nitrogens with zero attached hydrogens (tertiary/aromatic N) is 6. The molecule has 0 aliphatic carbocycles. The molecule has 0 aromatic carbocycles. The number of anilines is 1. The van der Waals surface area contributed by atoms with Gasteiger partial charge >= 0.3 is 0 Å². The van der Waals surface area contributed by atoms with E-state index in [-0.39, 0.29) is 0 Å². The van der Waals surface area contributed by atoms with E-state index in [1.54, 1.807) is 4.90 Å². The molecule has 1 aliphatic heterocycles. The number of hydrogen-bond donors (Lipinski definition) is 3. The highest BCUT2D eigenvalue weighted by atomic mass is 16.6. The van der Waals surface area contributed by atoms with Gasteiger partial charge in [-0.05, 0) is 0 Å². The number of aliphatic hydroxyl groups is 3. The highest BCUT2D eigenvalue weighted by Gasteiger charge is 2.44. The van der Waals surface area contributed by atoms with Gasteiger partial charge in [0.1, 0.15) is 24.6 Å². The Morgan fingerprint density at radius 2 is 2.00 bits per heavy atom. The molecule has 0 spiro atoms. The van der Waals surface area contributed by atoms with Gasteiger partial charge in [0.25, 0.3) is 0 Å². The molecule has 1 aliphatic rings. The summed E-state index contributed by atoms with van der Waals surface area (Å²) in [7, 11) is 3.63. The molecule has 2 aromatic heterocycles. The normalized spacial score (nSPS) is 29.2. The fourth-order valence-electron chi connectivity index (χ4n) is 2.26. The summed E-state index contributed by atoms with van der Waals surface area (Å²) < 4.78 is 5.38. The Balaban J connectivity index is 2.00. The predicted octanol–water partition coefficient (Wildman–Crippen LogP) is -2.10. The summed E-state index contributed by atoms with van der Waals surface area (Å²) in [6.45, 7) is -0.404. The lowest BCUT2D eigenvalue weighted by molar-refractivity contribution is -0.0650. The van der Waals surface area contributed by atoms with Crippen molar-refractivity contribution in [3.05, 3.63) is 6.33 Å². The van der Waals surface area contributed by atoms with Crippen molar-refractivity contribution in [2.75, 3.05) is 25.6 Å². The smallest absolute Gasteiger partial charge is 0.207 e. The first-order chi connectivity index (χ1) is 10.0. The lowest BCUT2D eigenvalue weighted by atomic mass is 10.1. The molecule has 3 heterocycles. The molecule has 3 rings (SSSR count). The van der Waals surface area contributed by atoms with E-state index in [2.05, 4.69) is 20.2 Å². The van der Waals surface area contributed by atoms with Crippen LogP contribution < -0.4 is 4.90 Å². The minimum Gasteiger partial charge on any atom is -0.394 e. The van der Waals surface area contributed by atoms with Gasteiger partial charge in [-0.25, -0.2) is 9.97 Å². The van der Waals surface area contributed by atoms with E-state index in [4.69, 9.17) is 9.84 Å². The fraction of sp³-hybridized carbons (Fsp3) is 0.636. The van der Waals surface area contributed by atoms with E-state index in [1.165, 1.54) is 6.33 Å². The molecule has 10 nitrogen and oxygen atoms in total. The van der Waals surface area contributed by atoms with Gasteiger partial charge < -0.3 is 25.0 Å². The molecule has 0 bridgehead atoms. The van der Waals surface area contributed by atoms with Crippen molar-refractivity contribution in [3.63, 3.8) is 0 Å². The number of aliphatic hydroxyl groups excluding tert-OH is 3. The van der Waals surface area contributed by atoms with Crippen molar-refractivity contribution in [2.45, 2.75) is 24.5 Å². The van der Waals surface area contributed by atoms with Crippen LogP contribution in [-0.4, -0.2) is 79.3 Å². The van der Waals surface area contributed by atoms with Gasteiger partial charge in [0.2, 0.25) is 5.65 Å². The second kappa shape index (κ2) is 5.15. The highest BCUT2D eigenvalue weighted by molar-refractivity contribution is 5.81. The third-order valence-electron chi connectivity index (χ3n) is 3.35. The van der Waals surface area contributed by atoms with Crippen LogP contribution in [0.4, 0.5) is 5.82 Å². The van der Waals surface area contributed by atoms with Crippen molar-refractivity contribution in [3.8, 4) is 0 Å². The zero-order valence-electron chi connectivity index (χ0n) is 11.5. The molecule has 2 aromatic rings. The Kier molecular flexibility index (Phi) is 3.45. The van der Waals surface area contributed by atoms with E-state index in [0.717, 1.165) is 4.80 Å². The van der Waals surface area contributed by atoms with Gasteiger partial charge in [-0.1, -0.05) is 0 Å². The van der Waals surface area contributed by atoms with Gasteiger partial charge in [-0.3, -0.25) is 0 Å². The van der Waals surface area contributed by atoms with Crippen LogP contribution in [0.15, 0.2) is 6.33 Å². The summed E-state index contributed by atoms with van der Waals surface area (Å²) >= 11 is 0. The van der Waals surface area contributed by atoms with Gasteiger partial charge in [0, 0.05) is 14.1 Å². The average molecular weight is 296 g/mol. The molecular weight excluding hydrogens is 280 g/mol. The van der Waals surface area contributed by atoms with Crippen molar-refractivity contribution in [2.24, 2.45) is 0 Å². The van der Waals surface area contributed by atoms with E-state index in [9.17, 15) is 10.2 Å². The molecule has 1 fully saturated rings. The predicted molar refractivity (Wildman–Crippen MR) is 70.5 cm³/mol. The van der Waals surface area contributed by atoms with Crippen molar-refractivity contribution >= 4 is 17.0 Å². The molecule has 114 valence electrons. The minimum atomic E-state index is -1.24. The maximum absolute atomic E-state index is 9.98. The van der Waals surface area contributed by atoms with Gasteiger partial charge in [0.15, 0.2) is 17.6 Å². The first kappa shape index (κ1) is 14.1. The summed E-state index contributed by atoms with van der Waals surface area (Å²) in [5.74, 6) is 0.581. The van der Waals surface area contributed by atoms with Crippen LogP contribution in [0.25, 0.3) is 11.2 Å². The molecule has 4 unspecified atom stereocenters. The Hall–Kier alpha value is -1.88. The van der Waals surface area contributed by atoms with Crippen LogP contribution in [0.3, 0.4) is 0 Å². The molecule has 0 radical (unpaired) electrons. The number of rotatable bonds is 3. The number of fused-ring (bicyclic) bond motifs is 1. The Labute approximate surface area is 119 Å². The molecule has 4 atom stereocenters. The Bertz CT molecular complexity index is 647. The second-order valence-corrected chi connectivity index (χ2v) is 5.01. The lowest BCUT2D eigenvalue weighted by Crippen LogP contribution is -2.33. The summed E-state index contributed by atoms with van der Waals surface area (Å²) in [6, 6.07) is 0. The number of hydrogen-bond acceptors (Lipinski definition) is 9. The molecular formula is C11H16N6O4. The van der Waals surface area contributed by atoms with E-state index < -0.39 is 31.1 Å². The van der Waals surface area contributed by atoms with E-state index in [0.29, 0.717) is 17.0 Å². The summed E-state index contributed by atoms with van der Waals surface area (Å²) in [5.41, 5.74) is 0.812. The lowest BCUT2D eigenvalue weighted by Gasteiger charge is -2.13. The average Bonchev–Trinajstić information content (AvgIpc) is 3.01. The largest absolute Gasteiger partial charge is 0.394 e. The molecule has 0 amide bonds. The Morgan fingerprint density at radius 3 is 2.62 bits per heavy atom. The summed E-state index contributed by atoms with van der Waals surface area (Å²) in [4.78, 5) is 11.0. The SMILES string of the molecule is CN(C)c1ncnc2nn(C3OC(CO)C(O)C3O)nc12. The second-order valence-electron chi connectivity index (χ2n) is 5.01. The quantitative estimate of drug-likeness (QED) is 0.583. The summed E-state index contributed by atoms with van der Waals surface area (Å²) in [6.07, 6.45) is -2.93. The topological polar surface area (TPSA) is 130 Å².